The van der Waals surface area contributed by atoms with Crippen LogP contribution in [-0.4, -0.2) is 34.2 Å². The summed E-state index contributed by atoms with van der Waals surface area (Å²) in [4.78, 5) is 24.2. The Bertz CT molecular complexity index is 407. The molecule has 112 valence electrons. The van der Waals surface area contributed by atoms with Gasteiger partial charge in [-0.25, -0.2) is 0 Å². The zero-order valence-electron chi connectivity index (χ0n) is 13.0. The molecule has 0 spiro atoms. The van der Waals surface area contributed by atoms with Crippen molar-refractivity contribution in [2.24, 2.45) is 5.41 Å². The molecule has 0 aliphatic heterocycles. The lowest BCUT2D eigenvalue weighted by molar-refractivity contribution is -0.169. The van der Waals surface area contributed by atoms with Crippen molar-refractivity contribution in [2.45, 2.75) is 38.9 Å². The van der Waals surface area contributed by atoms with Crippen molar-refractivity contribution < 1.29 is 19.1 Å². The number of hydrogen-bond donors (Lipinski definition) is 0. The Morgan fingerprint density at radius 2 is 1.70 bits per heavy atom. The summed E-state index contributed by atoms with van der Waals surface area (Å²) in [6, 6.07) is 0. The van der Waals surface area contributed by atoms with Gasteiger partial charge in [-0.1, -0.05) is 25.7 Å². The zero-order valence-corrected chi connectivity index (χ0v) is 14.0. The van der Waals surface area contributed by atoms with Crippen LogP contribution in [0.4, 0.5) is 0 Å². The maximum Gasteiger partial charge on any atom is 0.324 e. The lowest BCUT2D eigenvalue weighted by Crippen LogP contribution is -2.41. The number of carbonyl (C=O) groups is 2. The van der Waals surface area contributed by atoms with Gasteiger partial charge in [0.25, 0.3) is 0 Å². The fourth-order valence-electron chi connectivity index (χ4n) is 1.72. The van der Waals surface area contributed by atoms with Crippen molar-refractivity contribution in [3.63, 3.8) is 0 Å². The highest BCUT2D eigenvalue weighted by Gasteiger charge is 2.47. The summed E-state index contributed by atoms with van der Waals surface area (Å²) >= 11 is 0. The molecule has 0 bridgehead atoms. The van der Waals surface area contributed by atoms with Crippen molar-refractivity contribution >= 4 is 20.0 Å². The predicted octanol–water partition coefficient (Wildman–Crippen LogP) is 2.56. The molecule has 0 fully saturated rings. The van der Waals surface area contributed by atoms with E-state index in [-0.39, 0.29) is 12.8 Å². The normalized spacial score (nSPS) is 11.1. The van der Waals surface area contributed by atoms with Crippen molar-refractivity contribution in [3.8, 4) is 11.5 Å². The molecule has 4 nitrogen and oxygen atoms in total. The molecule has 0 rings (SSSR count). The minimum Gasteiger partial charge on any atom is -0.468 e. The Morgan fingerprint density at radius 3 is 2.05 bits per heavy atom. The molecule has 0 N–H and O–H groups in total. The maximum atomic E-state index is 12.1. The Balaban J connectivity index is 5.47. The monoisotopic (exact) mass is 296 g/mol. The van der Waals surface area contributed by atoms with E-state index < -0.39 is 25.4 Å². The third kappa shape index (κ3) is 5.22. The molecule has 0 unspecified atom stereocenters. The summed E-state index contributed by atoms with van der Waals surface area (Å²) in [6.07, 6.45) is 2.58. The number of esters is 2. The number of methoxy groups -OCH3 is 2. The van der Waals surface area contributed by atoms with Gasteiger partial charge in [-0.2, -0.15) is 0 Å². The van der Waals surface area contributed by atoms with Crippen molar-refractivity contribution in [2.75, 3.05) is 14.2 Å². The van der Waals surface area contributed by atoms with E-state index in [1.54, 1.807) is 6.08 Å². The second kappa shape index (κ2) is 7.90. The Hall–Kier alpha value is -1.54. The van der Waals surface area contributed by atoms with E-state index in [0.29, 0.717) is 6.42 Å². The highest BCUT2D eigenvalue weighted by atomic mass is 28.3. The Morgan fingerprint density at radius 1 is 1.20 bits per heavy atom. The molecule has 0 saturated carbocycles. The zero-order chi connectivity index (χ0) is 15.8. The van der Waals surface area contributed by atoms with Crippen LogP contribution in [0.3, 0.4) is 0 Å². The third-order valence-corrected chi connectivity index (χ3v) is 3.71. The highest BCUT2D eigenvalue weighted by Crippen LogP contribution is 2.31. The van der Waals surface area contributed by atoms with Crippen LogP contribution in [0.1, 0.15) is 19.3 Å². The lowest BCUT2D eigenvalue weighted by atomic mass is 9.80. The smallest absolute Gasteiger partial charge is 0.324 e. The first-order chi connectivity index (χ1) is 9.23. The number of hydrogen-bond acceptors (Lipinski definition) is 4. The molecule has 0 radical (unpaired) electrons. The minimum absolute atomic E-state index is 0.116. The molecule has 0 amide bonds. The van der Waals surface area contributed by atoms with Crippen molar-refractivity contribution in [1.29, 1.82) is 0 Å². The van der Waals surface area contributed by atoms with Gasteiger partial charge >= 0.3 is 11.9 Å². The van der Waals surface area contributed by atoms with E-state index in [9.17, 15) is 9.59 Å². The quantitative estimate of drug-likeness (QED) is 0.248. The molecule has 0 aromatic heterocycles. The van der Waals surface area contributed by atoms with Crippen LogP contribution in [-0.2, 0) is 19.1 Å². The standard InChI is InChI=1S/C15H24O4Si/c1-7-8-10-15(13(16)18-2,14(17)19-3)11-9-12-20(4,5)6/h7H,1,8,10-11H2,2-6H3. The minimum atomic E-state index is -1.56. The maximum absolute atomic E-state index is 12.1. The molecular weight excluding hydrogens is 272 g/mol. The van der Waals surface area contributed by atoms with Gasteiger partial charge in [-0.15, -0.1) is 18.0 Å². The first kappa shape index (κ1) is 18.5. The van der Waals surface area contributed by atoms with Gasteiger partial charge in [-0.05, 0) is 12.8 Å². The van der Waals surface area contributed by atoms with E-state index in [4.69, 9.17) is 9.47 Å². The summed E-state index contributed by atoms with van der Waals surface area (Å²) in [5.41, 5.74) is 1.80. The molecule has 0 aliphatic rings. The SMILES string of the molecule is C=CCCC(CC#C[Si](C)(C)C)(C(=O)OC)C(=O)OC. The van der Waals surface area contributed by atoms with Crippen LogP contribution in [0.15, 0.2) is 12.7 Å². The molecule has 0 saturated heterocycles. The first-order valence-electron chi connectivity index (χ1n) is 6.51. The van der Waals surface area contributed by atoms with Crippen LogP contribution >= 0.6 is 0 Å². The largest absolute Gasteiger partial charge is 0.468 e. The summed E-state index contributed by atoms with van der Waals surface area (Å²) in [5.74, 6) is 1.78. The average molecular weight is 296 g/mol. The van der Waals surface area contributed by atoms with Gasteiger partial charge in [-0.3, -0.25) is 9.59 Å². The van der Waals surface area contributed by atoms with Gasteiger partial charge in [0.2, 0.25) is 0 Å². The molecule has 5 heteroatoms. The topological polar surface area (TPSA) is 52.6 Å². The number of allylic oxidation sites excluding steroid dienone is 1. The summed E-state index contributed by atoms with van der Waals surface area (Å²) in [7, 11) is 0.964. The molecule has 0 heterocycles. The van der Waals surface area contributed by atoms with Gasteiger partial charge in [0, 0.05) is 6.42 Å². The lowest BCUT2D eigenvalue weighted by Gasteiger charge is -2.25. The Labute approximate surface area is 122 Å². The van der Waals surface area contributed by atoms with Gasteiger partial charge in [0.05, 0.1) is 14.2 Å². The van der Waals surface area contributed by atoms with Gasteiger partial charge in [0.1, 0.15) is 8.07 Å². The van der Waals surface area contributed by atoms with Crippen LogP contribution < -0.4 is 0 Å². The van der Waals surface area contributed by atoms with Crippen LogP contribution in [0.5, 0.6) is 0 Å². The average Bonchev–Trinajstić information content (AvgIpc) is 2.39. The van der Waals surface area contributed by atoms with Crippen molar-refractivity contribution in [1.82, 2.24) is 0 Å². The summed E-state index contributed by atoms with van der Waals surface area (Å²) < 4.78 is 9.58. The Kier molecular flexibility index (Phi) is 7.29. The fourth-order valence-corrected chi connectivity index (χ4v) is 2.34. The third-order valence-electron chi connectivity index (χ3n) is 2.78. The van der Waals surface area contributed by atoms with Gasteiger partial charge in [0.15, 0.2) is 5.41 Å². The predicted molar refractivity (Wildman–Crippen MR) is 81.6 cm³/mol. The highest BCUT2D eigenvalue weighted by molar-refractivity contribution is 6.83. The molecule has 0 aromatic rings. The van der Waals surface area contributed by atoms with Gasteiger partial charge < -0.3 is 9.47 Å². The number of rotatable bonds is 6. The number of carbonyl (C=O) groups excluding carboxylic acids is 2. The molecule has 0 aliphatic carbocycles. The van der Waals surface area contributed by atoms with E-state index in [1.807, 2.05) is 0 Å². The van der Waals surface area contributed by atoms with Crippen LogP contribution in [0.25, 0.3) is 0 Å². The molecule has 0 atom stereocenters. The van der Waals surface area contributed by atoms with E-state index in [2.05, 4.69) is 37.7 Å². The number of ether oxygens (including phenoxy) is 2. The van der Waals surface area contributed by atoms with Crippen LogP contribution in [0.2, 0.25) is 19.6 Å². The summed E-state index contributed by atoms with van der Waals surface area (Å²) in [6.45, 7) is 9.92. The molecule has 20 heavy (non-hydrogen) atoms. The molecular formula is C15H24O4Si. The summed E-state index contributed by atoms with van der Waals surface area (Å²) in [5, 5.41) is 0. The van der Waals surface area contributed by atoms with E-state index in [0.717, 1.165) is 0 Å². The van der Waals surface area contributed by atoms with E-state index in [1.165, 1.54) is 14.2 Å². The molecule has 0 aromatic carbocycles. The fraction of sp³-hybridized carbons (Fsp3) is 0.600. The first-order valence-corrected chi connectivity index (χ1v) is 10.0. The van der Waals surface area contributed by atoms with Crippen LogP contribution in [0, 0.1) is 16.9 Å². The second-order valence-corrected chi connectivity index (χ2v) is 10.4. The van der Waals surface area contributed by atoms with E-state index >= 15 is 0 Å². The van der Waals surface area contributed by atoms with Crippen molar-refractivity contribution in [3.05, 3.63) is 12.7 Å². The second-order valence-electron chi connectivity index (χ2n) is 5.62.